The molecule has 0 aliphatic carbocycles. The maximum absolute atomic E-state index is 6.10. The van der Waals surface area contributed by atoms with Gasteiger partial charge in [-0.3, -0.25) is 0 Å². The number of rotatable bonds is 6. The van der Waals surface area contributed by atoms with Gasteiger partial charge in [-0.1, -0.05) is 18.5 Å². The lowest BCUT2D eigenvalue weighted by molar-refractivity contribution is 0.295. The molecular weight excluding hydrogens is 286 g/mol. The van der Waals surface area contributed by atoms with E-state index < -0.39 is 0 Å². The first-order valence-corrected chi connectivity index (χ1v) is 7.49. The van der Waals surface area contributed by atoms with Crippen molar-refractivity contribution in [3.05, 3.63) is 46.4 Å². The van der Waals surface area contributed by atoms with Crippen LogP contribution in [0.2, 0.25) is 5.02 Å². The molecule has 0 saturated carbocycles. The molecule has 0 atom stereocenters. The second-order valence-corrected chi connectivity index (χ2v) is 5.14. The minimum Gasteiger partial charge on any atom is -0.486 e. The summed E-state index contributed by atoms with van der Waals surface area (Å²) in [6, 6.07) is 7.60. The van der Waals surface area contributed by atoms with Gasteiger partial charge in [0.15, 0.2) is 5.82 Å². The highest BCUT2D eigenvalue weighted by molar-refractivity contribution is 6.31. The van der Waals surface area contributed by atoms with Crippen LogP contribution in [-0.2, 0) is 13.0 Å². The van der Waals surface area contributed by atoms with Gasteiger partial charge in [0.25, 0.3) is 0 Å². The van der Waals surface area contributed by atoms with Crippen molar-refractivity contribution in [3.63, 3.8) is 0 Å². The summed E-state index contributed by atoms with van der Waals surface area (Å²) in [5, 5.41) is 3.96. The van der Waals surface area contributed by atoms with Crippen LogP contribution in [0, 0.1) is 6.92 Å². The molecule has 1 aromatic carbocycles. The van der Waals surface area contributed by atoms with Crippen molar-refractivity contribution in [1.29, 1.82) is 0 Å². The summed E-state index contributed by atoms with van der Waals surface area (Å²) in [4.78, 5) is 8.81. The van der Waals surface area contributed by atoms with Crippen molar-refractivity contribution >= 4 is 17.4 Å². The molecule has 2 aromatic rings. The number of benzene rings is 1. The van der Waals surface area contributed by atoms with E-state index in [-0.39, 0.29) is 0 Å². The summed E-state index contributed by atoms with van der Waals surface area (Å²) in [5.41, 5.74) is 2.00. The summed E-state index contributed by atoms with van der Waals surface area (Å²) in [6.45, 7) is 7.22. The van der Waals surface area contributed by atoms with Crippen molar-refractivity contribution in [2.24, 2.45) is 0 Å². The number of nitrogens with zero attached hydrogens (tertiary/aromatic N) is 2. The normalized spacial score (nSPS) is 10.5. The lowest BCUT2D eigenvalue weighted by Gasteiger charge is -2.10. The SMILES string of the molecule is CCNc1cc(C)nc(COc2ccc(Cl)c(CC)c2)n1. The van der Waals surface area contributed by atoms with Gasteiger partial charge in [-0.25, -0.2) is 9.97 Å². The largest absolute Gasteiger partial charge is 0.486 e. The number of halogens is 1. The van der Waals surface area contributed by atoms with Gasteiger partial charge in [0.05, 0.1) is 0 Å². The Labute approximate surface area is 130 Å². The maximum atomic E-state index is 6.10. The van der Waals surface area contributed by atoms with Crippen molar-refractivity contribution < 1.29 is 4.74 Å². The molecule has 0 unspecified atom stereocenters. The van der Waals surface area contributed by atoms with E-state index in [1.54, 1.807) is 0 Å². The van der Waals surface area contributed by atoms with Gasteiger partial charge in [0.1, 0.15) is 18.2 Å². The molecule has 5 heteroatoms. The summed E-state index contributed by atoms with van der Waals surface area (Å²) < 4.78 is 5.77. The van der Waals surface area contributed by atoms with Crippen molar-refractivity contribution in [1.82, 2.24) is 9.97 Å². The number of aromatic nitrogens is 2. The Kier molecular flexibility index (Phi) is 5.39. The van der Waals surface area contributed by atoms with Crippen LogP contribution in [0.5, 0.6) is 5.75 Å². The summed E-state index contributed by atoms with van der Waals surface area (Å²) in [7, 11) is 0. The molecule has 0 saturated heterocycles. The molecule has 0 aliphatic heterocycles. The van der Waals surface area contributed by atoms with Gasteiger partial charge in [-0.05, 0) is 44.0 Å². The molecule has 1 N–H and O–H groups in total. The Morgan fingerprint density at radius 3 is 2.71 bits per heavy atom. The number of hydrogen-bond acceptors (Lipinski definition) is 4. The quantitative estimate of drug-likeness (QED) is 0.876. The van der Waals surface area contributed by atoms with Crippen LogP contribution in [0.25, 0.3) is 0 Å². The lowest BCUT2D eigenvalue weighted by Crippen LogP contribution is -2.07. The Bertz CT molecular complexity index is 616. The molecule has 21 heavy (non-hydrogen) atoms. The number of anilines is 1. The van der Waals surface area contributed by atoms with Crippen LogP contribution in [0.15, 0.2) is 24.3 Å². The van der Waals surface area contributed by atoms with E-state index in [1.165, 1.54) is 0 Å². The maximum Gasteiger partial charge on any atom is 0.168 e. The zero-order valence-corrected chi connectivity index (χ0v) is 13.4. The van der Waals surface area contributed by atoms with Gasteiger partial charge in [-0.2, -0.15) is 0 Å². The molecule has 0 fully saturated rings. The van der Waals surface area contributed by atoms with E-state index >= 15 is 0 Å². The highest BCUT2D eigenvalue weighted by Crippen LogP contribution is 2.23. The molecule has 4 nitrogen and oxygen atoms in total. The van der Waals surface area contributed by atoms with Gasteiger partial charge >= 0.3 is 0 Å². The molecule has 0 bridgehead atoms. The molecule has 112 valence electrons. The molecule has 0 radical (unpaired) electrons. The van der Waals surface area contributed by atoms with Crippen molar-refractivity contribution in [2.45, 2.75) is 33.8 Å². The Hall–Kier alpha value is -1.81. The number of aryl methyl sites for hydroxylation is 2. The standard InChI is InChI=1S/C16H20ClN3O/c1-4-12-9-13(6-7-14(12)17)21-10-16-19-11(3)8-15(20-16)18-5-2/h6-9H,4-5,10H2,1-3H3,(H,18,19,20). The minimum atomic E-state index is 0.338. The Morgan fingerprint density at radius 1 is 1.19 bits per heavy atom. The average Bonchev–Trinajstić information content (AvgIpc) is 2.46. The second-order valence-electron chi connectivity index (χ2n) is 4.74. The van der Waals surface area contributed by atoms with Crippen molar-refractivity contribution in [2.75, 3.05) is 11.9 Å². The van der Waals surface area contributed by atoms with Gasteiger partial charge < -0.3 is 10.1 Å². The topological polar surface area (TPSA) is 47.0 Å². The van der Waals surface area contributed by atoms with Crippen molar-refractivity contribution in [3.8, 4) is 5.75 Å². The van der Waals surface area contributed by atoms with E-state index in [0.29, 0.717) is 12.4 Å². The highest BCUT2D eigenvalue weighted by atomic mass is 35.5. The number of ether oxygens (including phenoxy) is 1. The predicted molar refractivity (Wildman–Crippen MR) is 86.1 cm³/mol. The smallest absolute Gasteiger partial charge is 0.168 e. The van der Waals surface area contributed by atoms with Crippen LogP contribution >= 0.6 is 11.6 Å². The molecule has 0 spiro atoms. The van der Waals surface area contributed by atoms with Crippen LogP contribution in [0.1, 0.15) is 30.9 Å². The van der Waals surface area contributed by atoms with Gasteiger partial charge in [0.2, 0.25) is 0 Å². The van der Waals surface area contributed by atoms with Crippen LogP contribution in [0.4, 0.5) is 5.82 Å². The Balaban J connectivity index is 2.09. The fraction of sp³-hybridized carbons (Fsp3) is 0.375. The zero-order chi connectivity index (χ0) is 15.2. The van der Waals surface area contributed by atoms with E-state index in [1.807, 2.05) is 38.1 Å². The number of hydrogen-bond donors (Lipinski definition) is 1. The summed E-state index contributed by atoms with van der Waals surface area (Å²) >= 11 is 6.10. The van der Waals surface area contributed by atoms with Crippen LogP contribution < -0.4 is 10.1 Å². The third kappa shape index (κ3) is 4.33. The third-order valence-electron chi connectivity index (χ3n) is 3.02. The zero-order valence-electron chi connectivity index (χ0n) is 12.6. The fourth-order valence-corrected chi connectivity index (χ4v) is 2.28. The monoisotopic (exact) mass is 305 g/mol. The highest BCUT2D eigenvalue weighted by Gasteiger charge is 2.05. The molecule has 0 amide bonds. The van der Waals surface area contributed by atoms with Crippen LogP contribution in [0.3, 0.4) is 0 Å². The molecule has 1 aromatic heterocycles. The fourth-order valence-electron chi connectivity index (χ4n) is 2.03. The predicted octanol–water partition coefficient (Wildman–Crippen LogP) is 4.01. The second kappa shape index (κ2) is 7.27. The molecule has 0 aliphatic rings. The van der Waals surface area contributed by atoms with Gasteiger partial charge in [-0.15, -0.1) is 0 Å². The first kappa shape index (κ1) is 15.6. The van der Waals surface area contributed by atoms with Gasteiger partial charge in [0, 0.05) is 23.3 Å². The van der Waals surface area contributed by atoms with E-state index in [4.69, 9.17) is 16.3 Å². The molecule has 1 heterocycles. The summed E-state index contributed by atoms with van der Waals surface area (Å²) in [5.74, 6) is 2.28. The van der Waals surface area contributed by atoms with E-state index in [0.717, 1.165) is 40.8 Å². The Morgan fingerprint density at radius 2 is 2.00 bits per heavy atom. The first-order valence-electron chi connectivity index (χ1n) is 7.12. The third-order valence-corrected chi connectivity index (χ3v) is 3.39. The van der Waals surface area contributed by atoms with E-state index in [9.17, 15) is 0 Å². The van der Waals surface area contributed by atoms with Crippen LogP contribution in [-0.4, -0.2) is 16.5 Å². The number of nitrogens with one attached hydrogen (secondary N) is 1. The minimum absolute atomic E-state index is 0.338. The van der Waals surface area contributed by atoms with E-state index in [2.05, 4.69) is 22.2 Å². The first-order chi connectivity index (χ1) is 10.1. The average molecular weight is 306 g/mol. The molecule has 2 rings (SSSR count). The molecular formula is C16H20ClN3O. The lowest BCUT2D eigenvalue weighted by atomic mass is 10.1. The summed E-state index contributed by atoms with van der Waals surface area (Å²) in [6.07, 6.45) is 0.877.